The summed E-state index contributed by atoms with van der Waals surface area (Å²) in [6, 6.07) is 5.88. The van der Waals surface area contributed by atoms with E-state index in [1.165, 1.54) is 12.7 Å². The Labute approximate surface area is 147 Å². The summed E-state index contributed by atoms with van der Waals surface area (Å²) in [7, 11) is 1.40. The normalized spacial score (nSPS) is 17.0. The standard InChI is InChI=1S/C19H25N3O3/c1-14(10-17-4-3-9-25-17)13-22-7-5-15(6-8-22)18-11-16(20-21-18)12-19(23)24-2/h3-4,9-11,15H,5-8,12-13H2,1-2H3,(H,20,21)/b14-10+. The smallest absolute Gasteiger partial charge is 0.311 e. The Bertz CT molecular complexity index is 710. The van der Waals surface area contributed by atoms with Crippen LogP contribution >= 0.6 is 0 Å². The van der Waals surface area contributed by atoms with E-state index in [1.54, 1.807) is 6.26 Å². The zero-order valence-electron chi connectivity index (χ0n) is 14.8. The van der Waals surface area contributed by atoms with Gasteiger partial charge in [-0.15, -0.1) is 0 Å². The number of aromatic amines is 1. The van der Waals surface area contributed by atoms with Crippen molar-refractivity contribution in [3.63, 3.8) is 0 Å². The lowest BCUT2D eigenvalue weighted by atomic mass is 9.93. The Morgan fingerprint density at radius 3 is 2.96 bits per heavy atom. The number of hydrogen-bond acceptors (Lipinski definition) is 5. The number of rotatable bonds is 6. The summed E-state index contributed by atoms with van der Waals surface area (Å²) in [5.41, 5.74) is 3.18. The van der Waals surface area contributed by atoms with Crippen LogP contribution in [0.25, 0.3) is 6.08 Å². The minimum Gasteiger partial charge on any atom is -0.469 e. The fourth-order valence-corrected chi connectivity index (χ4v) is 3.31. The first kappa shape index (κ1) is 17.5. The van der Waals surface area contributed by atoms with Crippen LogP contribution in [0.15, 0.2) is 34.5 Å². The molecule has 3 rings (SSSR count). The molecule has 1 aliphatic rings. The molecule has 0 spiro atoms. The van der Waals surface area contributed by atoms with Crippen molar-refractivity contribution < 1.29 is 13.9 Å². The van der Waals surface area contributed by atoms with Gasteiger partial charge in [0.2, 0.25) is 0 Å². The first-order valence-corrected chi connectivity index (χ1v) is 8.68. The molecule has 0 atom stereocenters. The minimum atomic E-state index is -0.246. The maximum Gasteiger partial charge on any atom is 0.311 e. The van der Waals surface area contributed by atoms with Gasteiger partial charge in [0.15, 0.2) is 0 Å². The van der Waals surface area contributed by atoms with E-state index < -0.39 is 0 Å². The van der Waals surface area contributed by atoms with E-state index in [0.29, 0.717) is 5.92 Å². The van der Waals surface area contributed by atoms with Gasteiger partial charge in [0, 0.05) is 18.2 Å². The number of carbonyl (C=O) groups is 1. The molecular weight excluding hydrogens is 318 g/mol. The van der Waals surface area contributed by atoms with Crippen molar-refractivity contribution in [3.8, 4) is 0 Å². The van der Waals surface area contributed by atoms with E-state index in [1.807, 2.05) is 18.2 Å². The number of methoxy groups -OCH3 is 1. The molecule has 1 N–H and O–H groups in total. The number of piperidine rings is 1. The third-order valence-electron chi connectivity index (χ3n) is 4.62. The number of ether oxygens (including phenoxy) is 1. The molecule has 134 valence electrons. The van der Waals surface area contributed by atoms with Gasteiger partial charge in [0.05, 0.1) is 25.5 Å². The van der Waals surface area contributed by atoms with Crippen LogP contribution in [0.3, 0.4) is 0 Å². The molecule has 1 saturated heterocycles. The van der Waals surface area contributed by atoms with E-state index in [-0.39, 0.29) is 12.4 Å². The Morgan fingerprint density at radius 1 is 1.48 bits per heavy atom. The lowest BCUT2D eigenvalue weighted by molar-refractivity contribution is -0.139. The van der Waals surface area contributed by atoms with Crippen LogP contribution in [0.1, 0.15) is 42.8 Å². The second-order valence-electron chi connectivity index (χ2n) is 6.63. The summed E-state index contributed by atoms with van der Waals surface area (Å²) in [6.07, 6.45) is 6.20. The van der Waals surface area contributed by atoms with Gasteiger partial charge in [-0.2, -0.15) is 5.10 Å². The third-order valence-corrected chi connectivity index (χ3v) is 4.62. The Hall–Kier alpha value is -2.34. The van der Waals surface area contributed by atoms with Gasteiger partial charge in [-0.3, -0.25) is 14.8 Å². The summed E-state index contributed by atoms with van der Waals surface area (Å²) in [4.78, 5) is 13.8. The molecule has 1 fully saturated rings. The summed E-state index contributed by atoms with van der Waals surface area (Å²) >= 11 is 0. The number of nitrogens with zero attached hydrogens (tertiary/aromatic N) is 2. The predicted molar refractivity (Wildman–Crippen MR) is 95.1 cm³/mol. The van der Waals surface area contributed by atoms with Crippen molar-refractivity contribution in [2.24, 2.45) is 0 Å². The van der Waals surface area contributed by atoms with Crippen LogP contribution < -0.4 is 0 Å². The molecule has 2 aromatic rings. The van der Waals surface area contributed by atoms with Crippen molar-refractivity contribution >= 4 is 12.0 Å². The second kappa shape index (κ2) is 8.16. The molecule has 6 heteroatoms. The number of esters is 1. The lowest BCUT2D eigenvalue weighted by Crippen LogP contribution is -2.34. The maximum atomic E-state index is 11.3. The van der Waals surface area contributed by atoms with E-state index in [4.69, 9.17) is 9.15 Å². The molecule has 1 aliphatic heterocycles. The van der Waals surface area contributed by atoms with Crippen LogP contribution in [0.4, 0.5) is 0 Å². The third kappa shape index (κ3) is 4.82. The molecule has 0 radical (unpaired) electrons. The summed E-state index contributed by atoms with van der Waals surface area (Å²) < 4.78 is 10.1. The van der Waals surface area contributed by atoms with Crippen molar-refractivity contribution in [2.45, 2.75) is 32.1 Å². The van der Waals surface area contributed by atoms with Gasteiger partial charge in [-0.1, -0.05) is 5.57 Å². The quantitative estimate of drug-likeness (QED) is 0.817. The van der Waals surface area contributed by atoms with Gasteiger partial charge >= 0.3 is 5.97 Å². The SMILES string of the molecule is COC(=O)Cc1cc(C2CCN(C/C(C)=C/c3ccco3)CC2)n[nH]1. The summed E-state index contributed by atoms with van der Waals surface area (Å²) in [5, 5.41) is 7.34. The molecule has 0 unspecified atom stereocenters. The van der Waals surface area contributed by atoms with Crippen LogP contribution in [-0.2, 0) is 16.0 Å². The number of furan rings is 1. The van der Waals surface area contributed by atoms with Crippen LogP contribution in [0, 0.1) is 0 Å². The highest BCUT2D eigenvalue weighted by Crippen LogP contribution is 2.27. The minimum absolute atomic E-state index is 0.246. The number of nitrogens with one attached hydrogen (secondary N) is 1. The Balaban J connectivity index is 1.49. The molecule has 0 saturated carbocycles. The fourth-order valence-electron chi connectivity index (χ4n) is 3.31. The highest BCUT2D eigenvalue weighted by Gasteiger charge is 2.23. The Kier molecular flexibility index (Phi) is 5.71. The molecule has 2 aromatic heterocycles. The van der Waals surface area contributed by atoms with E-state index in [0.717, 1.165) is 49.6 Å². The van der Waals surface area contributed by atoms with Gasteiger partial charge in [-0.05, 0) is 57.1 Å². The molecule has 0 amide bonds. The van der Waals surface area contributed by atoms with Crippen molar-refractivity contribution in [1.82, 2.24) is 15.1 Å². The van der Waals surface area contributed by atoms with Crippen LogP contribution in [-0.4, -0.2) is 47.8 Å². The molecule has 0 aliphatic carbocycles. The molecule has 3 heterocycles. The summed E-state index contributed by atoms with van der Waals surface area (Å²) in [5.74, 6) is 1.11. The first-order valence-electron chi connectivity index (χ1n) is 8.68. The van der Waals surface area contributed by atoms with E-state index in [9.17, 15) is 4.79 Å². The second-order valence-corrected chi connectivity index (χ2v) is 6.63. The van der Waals surface area contributed by atoms with Gasteiger partial charge < -0.3 is 9.15 Å². The van der Waals surface area contributed by atoms with Crippen LogP contribution in [0.5, 0.6) is 0 Å². The number of hydrogen-bond donors (Lipinski definition) is 1. The predicted octanol–water partition coefficient (Wildman–Crippen LogP) is 3.00. The summed E-state index contributed by atoms with van der Waals surface area (Å²) in [6.45, 7) is 5.20. The number of H-pyrrole nitrogens is 1. The van der Waals surface area contributed by atoms with Crippen LogP contribution in [0.2, 0.25) is 0 Å². The fraction of sp³-hybridized carbons (Fsp3) is 0.474. The lowest BCUT2D eigenvalue weighted by Gasteiger charge is -2.31. The number of aromatic nitrogens is 2. The van der Waals surface area contributed by atoms with Gasteiger partial charge in [0.1, 0.15) is 5.76 Å². The zero-order chi connectivity index (χ0) is 17.6. The monoisotopic (exact) mass is 343 g/mol. The average molecular weight is 343 g/mol. The average Bonchev–Trinajstić information content (AvgIpc) is 3.27. The van der Waals surface area contributed by atoms with E-state index >= 15 is 0 Å². The highest BCUT2D eigenvalue weighted by atomic mass is 16.5. The molecule has 0 bridgehead atoms. The Morgan fingerprint density at radius 2 is 2.28 bits per heavy atom. The van der Waals surface area contributed by atoms with E-state index in [2.05, 4.69) is 28.1 Å². The molecule has 0 aromatic carbocycles. The molecule has 25 heavy (non-hydrogen) atoms. The topological polar surface area (TPSA) is 71.4 Å². The molecular formula is C19H25N3O3. The van der Waals surface area contributed by atoms with Crippen molar-refractivity contribution in [2.75, 3.05) is 26.7 Å². The maximum absolute atomic E-state index is 11.3. The number of carbonyl (C=O) groups excluding carboxylic acids is 1. The molecule has 6 nitrogen and oxygen atoms in total. The largest absolute Gasteiger partial charge is 0.469 e. The number of likely N-dealkylation sites (tertiary alicyclic amines) is 1. The van der Waals surface area contributed by atoms with Gasteiger partial charge in [-0.25, -0.2) is 0 Å². The van der Waals surface area contributed by atoms with Crippen molar-refractivity contribution in [3.05, 3.63) is 47.2 Å². The van der Waals surface area contributed by atoms with Crippen molar-refractivity contribution in [1.29, 1.82) is 0 Å². The van der Waals surface area contributed by atoms with Gasteiger partial charge in [0.25, 0.3) is 0 Å². The first-order chi connectivity index (χ1) is 12.1. The zero-order valence-corrected chi connectivity index (χ0v) is 14.8. The highest BCUT2D eigenvalue weighted by molar-refractivity contribution is 5.71.